The molecule has 0 saturated carbocycles. The first kappa shape index (κ1) is 12.3. The molecule has 0 aliphatic heterocycles. The molecule has 1 aromatic rings. The Balaban J connectivity index is 2.85. The molecule has 15 heavy (non-hydrogen) atoms. The highest BCUT2D eigenvalue weighted by Crippen LogP contribution is 2.19. The molecule has 0 fully saturated rings. The van der Waals surface area contributed by atoms with Crippen LogP contribution in [-0.2, 0) is 6.42 Å². The lowest BCUT2D eigenvalue weighted by atomic mass is 9.92. The molecule has 0 amide bonds. The third kappa shape index (κ3) is 3.35. The van der Waals surface area contributed by atoms with E-state index in [4.69, 9.17) is 0 Å². The summed E-state index contributed by atoms with van der Waals surface area (Å²) in [7, 11) is 2.02. The van der Waals surface area contributed by atoms with Crippen molar-refractivity contribution in [3.05, 3.63) is 34.4 Å². The van der Waals surface area contributed by atoms with Crippen LogP contribution in [0.4, 0.5) is 0 Å². The molecule has 1 N–H and O–H groups in total. The highest BCUT2D eigenvalue weighted by atomic mass is 14.8. The highest BCUT2D eigenvalue weighted by molar-refractivity contribution is 5.37. The standard InChI is InChI=1S/C14H23N/c1-10-6-12(3)14(13(4)7-10)8-11(2)9-15-5/h6-7,11,15H,8-9H2,1-5H3. The Hall–Kier alpha value is -0.820. The van der Waals surface area contributed by atoms with Gasteiger partial charge in [0.15, 0.2) is 0 Å². The van der Waals surface area contributed by atoms with Crippen molar-refractivity contribution < 1.29 is 0 Å². The molecule has 0 aromatic heterocycles. The van der Waals surface area contributed by atoms with Crippen LogP contribution in [0.15, 0.2) is 12.1 Å². The Morgan fingerprint density at radius 1 is 1.13 bits per heavy atom. The van der Waals surface area contributed by atoms with Crippen molar-refractivity contribution in [1.82, 2.24) is 5.32 Å². The van der Waals surface area contributed by atoms with Gasteiger partial charge in [0.1, 0.15) is 0 Å². The summed E-state index contributed by atoms with van der Waals surface area (Å²) in [6, 6.07) is 4.57. The number of benzene rings is 1. The summed E-state index contributed by atoms with van der Waals surface area (Å²) in [5.41, 5.74) is 5.78. The maximum atomic E-state index is 3.24. The topological polar surface area (TPSA) is 12.0 Å². The minimum Gasteiger partial charge on any atom is -0.319 e. The third-order valence-electron chi connectivity index (χ3n) is 2.95. The van der Waals surface area contributed by atoms with E-state index in [0.29, 0.717) is 5.92 Å². The van der Waals surface area contributed by atoms with Crippen LogP contribution in [0, 0.1) is 26.7 Å². The average Bonchev–Trinajstić information content (AvgIpc) is 2.11. The van der Waals surface area contributed by atoms with Gasteiger partial charge in [-0.3, -0.25) is 0 Å². The van der Waals surface area contributed by atoms with Crippen molar-refractivity contribution >= 4 is 0 Å². The van der Waals surface area contributed by atoms with Gasteiger partial charge in [-0.25, -0.2) is 0 Å². The van der Waals surface area contributed by atoms with Gasteiger partial charge < -0.3 is 5.32 Å². The molecule has 84 valence electrons. The molecule has 1 atom stereocenters. The zero-order valence-corrected chi connectivity index (χ0v) is 10.6. The monoisotopic (exact) mass is 205 g/mol. The lowest BCUT2D eigenvalue weighted by molar-refractivity contribution is 0.539. The first-order valence-corrected chi connectivity index (χ1v) is 5.76. The van der Waals surface area contributed by atoms with Gasteiger partial charge >= 0.3 is 0 Å². The molecule has 0 spiro atoms. The fourth-order valence-electron chi connectivity index (χ4n) is 2.30. The quantitative estimate of drug-likeness (QED) is 0.796. The molecule has 1 aromatic carbocycles. The average molecular weight is 205 g/mol. The summed E-state index contributed by atoms with van der Waals surface area (Å²) >= 11 is 0. The third-order valence-corrected chi connectivity index (χ3v) is 2.95. The molecule has 1 heteroatoms. The summed E-state index contributed by atoms with van der Waals surface area (Å²) in [5, 5.41) is 3.24. The fraction of sp³-hybridized carbons (Fsp3) is 0.571. The van der Waals surface area contributed by atoms with E-state index in [9.17, 15) is 0 Å². The van der Waals surface area contributed by atoms with Crippen molar-refractivity contribution in [3.63, 3.8) is 0 Å². The number of rotatable bonds is 4. The molecule has 0 aliphatic carbocycles. The summed E-state index contributed by atoms with van der Waals surface area (Å²) in [6.45, 7) is 10.0. The Morgan fingerprint density at radius 2 is 1.67 bits per heavy atom. The van der Waals surface area contributed by atoms with Crippen molar-refractivity contribution in [1.29, 1.82) is 0 Å². The van der Waals surface area contributed by atoms with Gasteiger partial charge in [-0.1, -0.05) is 24.6 Å². The van der Waals surface area contributed by atoms with Crippen LogP contribution >= 0.6 is 0 Å². The molecular weight excluding hydrogens is 182 g/mol. The zero-order valence-electron chi connectivity index (χ0n) is 10.6. The molecule has 0 saturated heterocycles. The largest absolute Gasteiger partial charge is 0.319 e. The van der Waals surface area contributed by atoms with E-state index in [1.54, 1.807) is 0 Å². The number of hydrogen-bond acceptors (Lipinski definition) is 1. The first-order valence-electron chi connectivity index (χ1n) is 5.76. The fourth-order valence-corrected chi connectivity index (χ4v) is 2.30. The molecule has 0 heterocycles. The van der Waals surface area contributed by atoms with Gasteiger partial charge in [-0.05, 0) is 63.4 Å². The van der Waals surface area contributed by atoms with Gasteiger partial charge in [-0.2, -0.15) is 0 Å². The van der Waals surface area contributed by atoms with Crippen LogP contribution in [0.1, 0.15) is 29.2 Å². The van der Waals surface area contributed by atoms with Gasteiger partial charge in [0.25, 0.3) is 0 Å². The van der Waals surface area contributed by atoms with Gasteiger partial charge in [0.2, 0.25) is 0 Å². The Bertz CT molecular complexity index is 305. The predicted molar refractivity (Wildman–Crippen MR) is 67.4 cm³/mol. The molecule has 0 bridgehead atoms. The van der Waals surface area contributed by atoms with Gasteiger partial charge in [0.05, 0.1) is 0 Å². The van der Waals surface area contributed by atoms with E-state index in [1.807, 2.05) is 7.05 Å². The first-order chi connectivity index (χ1) is 7.04. The second-order valence-electron chi connectivity index (χ2n) is 4.74. The zero-order chi connectivity index (χ0) is 11.4. The van der Waals surface area contributed by atoms with E-state index >= 15 is 0 Å². The summed E-state index contributed by atoms with van der Waals surface area (Å²) < 4.78 is 0. The second kappa shape index (κ2) is 5.32. The van der Waals surface area contributed by atoms with Gasteiger partial charge in [0, 0.05) is 0 Å². The van der Waals surface area contributed by atoms with Gasteiger partial charge in [-0.15, -0.1) is 0 Å². The van der Waals surface area contributed by atoms with Crippen LogP contribution in [0.25, 0.3) is 0 Å². The van der Waals surface area contributed by atoms with E-state index < -0.39 is 0 Å². The maximum Gasteiger partial charge on any atom is -0.00230 e. The SMILES string of the molecule is CNCC(C)Cc1c(C)cc(C)cc1C. The molecule has 0 aliphatic rings. The minimum atomic E-state index is 0.704. The van der Waals surface area contributed by atoms with Crippen LogP contribution in [0.5, 0.6) is 0 Å². The van der Waals surface area contributed by atoms with Crippen LogP contribution in [0.2, 0.25) is 0 Å². The predicted octanol–water partition coefficient (Wildman–Crippen LogP) is 3.01. The van der Waals surface area contributed by atoms with E-state index in [0.717, 1.165) is 6.54 Å². The van der Waals surface area contributed by atoms with E-state index in [1.165, 1.54) is 28.7 Å². The lowest BCUT2D eigenvalue weighted by Gasteiger charge is -2.16. The number of hydrogen-bond donors (Lipinski definition) is 1. The Morgan fingerprint density at radius 3 is 2.13 bits per heavy atom. The van der Waals surface area contributed by atoms with Crippen LogP contribution in [-0.4, -0.2) is 13.6 Å². The minimum absolute atomic E-state index is 0.704. The molecule has 1 unspecified atom stereocenters. The molecule has 1 nitrogen and oxygen atoms in total. The number of aryl methyl sites for hydroxylation is 3. The van der Waals surface area contributed by atoms with Crippen LogP contribution < -0.4 is 5.32 Å². The highest BCUT2D eigenvalue weighted by Gasteiger charge is 2.08. The Labute approximate surface area is 93.9 Å². The Kier molecular flexibility index (Phi) is 4.34. The normalized spacial score (nSPS) is 12.9. The summed E-state index contributed by atoms with van der Waals surface area (Å²) in [4.78, 5) is 0. The smallest absolute Gasteiger partial charge is 0.00230 e. The van der Waals surface area contributed by atoms with Crippen molar-refractivity contribution in [2.75, 3.05) is 13.6 Å². The molecular formula is C14H23N. The van der Waals surface area contributed by atoms with Crippen molar-refractivity contribution in [2.45, 2.75) is 34.1 Å². The van der Waals surface area contributed by atoms with Crippen molar-refractivity contribution in [2.24, 2.45) is 5.92 Å². The maximum absolute atomic E-state index is 3.24. The van der Waals surface area contributed by atoms with E-state index in [-0.39, 0.29) is 0 Å². The molecule has 1 rings (SSSR count). The lowest BCUT2D eigenvalue weighted by Crippen LogP contribution is -2.18. The molecule has 0 radical (unpaired) electrons. The number of nitrogens with one attached hydrogen (secondary N) is 1. The van der Waals surface area contributed by atoms with Crippen LogP contribution in [0.3, 0.4) is 0 Å². The second-order valence-corrected chi connectivity index (χ2v) is 4.74. The van der Waals surface area contributed by atoms with E-state index in [2.05, 4.69) is 45.1 Å². The summed E-state index contributed by atoms with van der Waals surface area (Å²) in [6.07, 6.45) is 1.18. The summed E-state index contributed by atoms with van der Waals surface area (Å²) in [5.74, 6) is 0.704. The van der Waals surface area contributed by atoms with Crippen molar-refractivity contribution in [3.8, 4) is 0 Å².